The summed E-state index contributed by atoms with van der Waals surface area (Å²) in [5.41, 5.74) is 5.77. The van der Waals surface area contributed by atoms with Crippen LogP contribution in [0.3, 0.4) is 0 Å². The fourth-order valence-corrected chi connectivity index (χ4v) is 3.96. The lowest BCUT2D eigenvalue weighted by molar-refractivity contribution is -0.142. The standard InChI is InChI=1S/C21H29FN4O4/c22-17-3-5-18(6-4-17)26(9-7-19(23)27)20(28)15-24-8-1-2-16(14-24)21(29)25-10-12-30-13-11-25/h3-6,16H,1-2,7-15H2,(H2,23,27). The van der Waals surface area contributed by atoms with Crippen molar-refractivity contribution in [1.82, 2.24) is 9.80 Å². The van der Waals surface area contributed by atoms with Gasteiger partial charge in [-0.05, 0) is 43.7 Å². The Bertz CT molecular complexity index is 752. The molecule has 2 aliphatic heterocycles. The molecular weight excluding hydrogens is 391 g/mol. The Hall–Kier alpha value is -2.52. The molecule has 3 rings (SSSR count). The molecule has 0 saturated carbocycles. The SMILES string of the molecule is NC(=O)CCN(C(=O)CN1CCCC(C(=O)N2CCOCC2)C1)c1ccc(F)cc1. The summed E-state index contributed by atoms with van der Waals surface area (Å²) < 4.78 is 18.6. The van der Waals surface area contributed by atoms with Crippen LogP contribution in [0.25, 0.3) is 0 Å². The van der Waals surface area contributed by atoms with Crippen molar-refractivity contribution in [3.63, 3.8) is 0 Å². The number of nitrogens with two attached hydrogens (primary N) is 1. The first kappa shape index (κ1) is 22.2. The number of carbonyl (C=O) groups excluding carboxylic acids is 3. The van der Waals surface area contributed by atoms with Gasteiger partial charge >= 0.3 is 0 Å². The quantitative estimate of drug-likeness (QED) is 0.697. The van der Waals surface area contributed by atoms with E-state index in [4.69, 9.17) is 10.5 Å². The van der Waals surface area contributed by atoms with Crippen LogP contribution in [0.2, 0.25) is 0 Å². The molecule has 2 heterocycles. The van der Waals surface area contributed by atoms with Gasteiger partial charge in [0.1, 0.15) is 5.82 Å². The molecule has 2 N–H and O–H groups in total. The van der Waals surface area contributed by atoms with E-state index in [0.717, 1.165) is 19.4 Å². The third kappa shape index (κ3) is 5.99. The molecule has 0 aromatic heterocycles. The summed E-state index contributed by atoms with van der Waals surface area (Å²) in [5, 5.41) is 0. The average molecular weight is 420 g/mol. The first-order valence-electron chi connectivity index (χ1n) is 10.4. The fraction of sp³-hybridized carbons (Fsp3) is 0.571. The summed E-state index contributed by atoms with van der Waals surface area (Å²) in [5.74, 6) is -1.12. The largest absolute Gasteiger partial charge is 0.378 e. The Morgan fingerprint density at radius 3 is 2.50 bits per heavy atom. The van der Waals surface area contributed by atoms with Gasteiger partial charge in [-0.15, -0.1) is 0 Å². The third-order valence-electron chi connectivity index (χ3n) is 5.56. The number of amides is 3. The number of hydrogen-bond acceptors (Lipinski definition) is 5. The molecule has 2 saturated heterocycles. The van der Waals surface area contributed by atoms with Gasteiger partial charge in [0, 0.05) is 38.3 Å². The van der Waals surface area contributed by atoms with E-state index < -0.39 is 11.7 Å². The van der Waals surface area contributed by atoms with Crippen LogP contribution in [-0.2, 0) is 19.1 Å². The Balaban J connectivity index is 1.62. The monoisotopic (exact) mass is 420 g/mol. The normalized spacial score (nSPS) is 20.0. The van der Waals surface area contributed by atoms with Crippen molar-refractivity contribution < 1.29 is 23.5 Å². The lowest BCUT2D eigenvalue weighted by atomic mass is 9.96. The van der Waals surface area contributed by atoms with Crippen LogP contribution >= 0.6 is 0 Å². The van der Waals surface area contributed by atoms with E-state index in [2.05, 4.69) is 0 Å². The van der Waals surface area contributed by atoms with Gasteiger partial charge in [-0.1, -0.05) is 0 Å². The van der Waals surface area contributed by atoms with Gasteiger partial charge in [0.25, 0.3) is 0 Å². The number of anilines is 1. The lowest BCUT2D eigenvalue weighted by Gasteiger charge is -2.36. The first-order chi connectivity index (χ1) is 14.4. The molecule has 0 radical (unpaired) electrons. The number of halogens is 1. The molecule has 1 atom stereocenters. The highest BCUT2D eigenvalue weighted by Gasteiger charge is 2.31. The van der Waals surface area contributed by atoms with Crippen molar-refractivity contribution in [1.29, 1.82) is 0 Å². The third-order valence-corrected chi connectivity index (χ3v) is 5.56. The minimum atomic E-state index is -0.510. The van der Waals surface area contributed by atoms with Gasteiger partial charge in [0.05, 0.1) is 25.7 Å². The van der Waals surface area contributed by atoms with Crippen LogP contribution in [-0.4, -0.2) is 80.0 Å². The van der Waals surface area contributed by atoms with E-state index in [0.29, 0.717) is 38.5 Å². The van der Waals surface area contributed by atoms with Crippen molar-refractivity contribution in [2.75, 3.05) is 57.4 Å². The molecule has 1 unspecified atom stereocenters. The van der Waals surface area contributed by atoms with Gasteiger partial charge in [-0.25, -0.2) is 4.39 Å². The van der Waals surface area contributed by atoms with Crippen LogP contribution < -0.4 is 10.6 Å². The van der Waals surface area contributed by atoms with Gasteiger partial charge in [0.15, 0.2) is 0 Å². The molecule has 2 aliphatic rings. The number of primary amides is 1. The minimum absolute atomic E-state index is 0.0151. The number of ether oxygens (including phenoxy) is 1. The van der Waals surface area contributed by atoms with Crippen molar-refractivity contribution in [2.24, 2.45) is 11.7 Å². The molecule has 1 aromatic carbocycles. The Morgan fingerprint density at radius 1 is 1.13 bits per heavy atom. The second kappa shape index (κ2) is 10.5. The number of likely N-dealkylation sites (tertiary alicyclic amines) is 1. The number of nitrogens with zero attached hydrogens (tertiary/aromatic N) is 3. The molecule has 0 spiro atoms. The zero-order chi connectivity index (χ0) is 21.5. The van der Waals surface area contributed by atoms with Gasteiger partial charge in [0.2, 0.25) is 17.7 Å². The maximum atomic E-state index is 13.3. The topological polar surface area (TPSA) is 96.2 Å². The Labute approximate surface area is 175 Å². The van der Waals surface area contributed by atoms with Crippen molar-refractivity contribution in [3.05, 3.63) is 30.1 Å². The fourth-order valence-electron chi connectivity index (χ4n) is 3.96. The number of rotatable bonds is 7. The van der Waals surface area contributed by atoms with E-state index in [1.807, 2.05) is 9.80 Å². The second-order valence-corrected chi connectivity index (χ2v) is 7.75. The van der Waals surface area contributed by atoms with E-state index in [9.17, 15) is 18.8 Å². The molecule has 2 fully saturated rings. The number of carbonyl (C=O) groups is 3. The Kier molecular flexibility index (Phi) is 7.75. The van der Waals surface area contributed by atoms with Crippen LogP contribution in [0.15, 0.2) is 24.3 Å². The maximum Gasteiger partial charge on any atom is 0.241 e. The van der Waals surface area contributed by atoms with Crippen molar-refractivity contribution >= 4 is 23.4 Å². The van der Waals surface area contributed by atoms with Crippen LogP contribution in [0.1, 0.15) is 19.3 Å². The van der Waals surface area contributed by atoms with Gasteiger partial charge in [-0.2, -0.15) is 0 Å². The molecule has 1 aromatic rings. The lowest BCUT2D eigenvalue weighted by Crippen LogP contribution is -2.50. The highest BCUT2D eigenvalue weighted by molar-refractivity contribution is 5.95. The zero-order valence-corrected chi connectivity index (χ0v) is 17.1. The molecule has 164 valence electrons. The Morgan fingerprint density at radius 2 is 1.83 bits per heavy atom. The van der Waals surface area contributed by atoms with Gasteiger partial charge < -0.3 is 20.3 Å². The molecule has 30 heavy (non-hydrogen) atoms. The average Bonchev–Trinajstić information content (AvgIpc) is 2.75. The molecule has 3 amide bonds. The summed E-state index contributed by atoms with van der Waals surface area (Å²) in [7, 11) is 0. The zero-order valence-electron chi connectivity index (χ0n) is 17.1. The summed E-state index contributed by atoms with van der Waals surface area (Å²) in [6.07, 6.45) is 1.66. The van der Waals surface area contributed by atoms with Gasteiger partial charge in [-0.3, -0.25) is 19.3 Å². The first-order valence-corrected chi connectivity index (χ1v) is 10.4. The van der Waals surface area contributed by atoms with E-state index >= 15 is 0 Å². The van der Waals surface area contributed by atoms with E-state index in [1.165, 1.54) is 29.2 Å². The highest BCUT2D eigenvalue weighted by atomic mass is 19.1. The molecule has 0 bridgehead atoms. The molecule has 0 aliphatic carbocycles. The summed E-state index contributed by atoms with van der Waals surface area (Å²) >= 11 is 0. The predicted molar refractivity (Wildman–Crippen MR) is 109 cm³/mol. The number of hydrogen-bond donors (Lipinski definition) is 1. The van der Waals surface area contributed by atoms with Crippen LogP contribution in [0.4, 0.5) is 10.1 Å². The van der Waals surface area contributed by atoms with Crippen molar-refractivity contribution in [3.8, 4) is 0 Å². The van der Waals surface area contributed by atoms with Crippen LogP contribution in [0, 0.1) is 11.7 Å². The highest BCUT2D eigenvalue weighted by Crippen LogP contribution is 2.21. The summed E-state index contributed by atoms with van der Waals surface area (Å²) in [6.45, 7) is 3.85. The van der Waals surface area contributed by atoms with E-state index in [-0.39, 0.29) is 37.2 Å². The van der Waals surface area contributed by atoms with E-state index in [1.54, 1.807) is 0 Å². The number of morpholine rings is 1. The van der Waals surface area contributed by atoms with Crippen molar-refractivity contribution in [2.45, 2.75) is 19.3 Å². The number of piperidine rings is 1. The smallest absolute Gasteiger partial charge is 0.241 e. The minimum Gasteiger partial charge on any atom is -0.378 e. The maximum absolute atomic E-state index is 13.3. The second-order valence-electron chi connectivity index (χ2n) is 7.75. The summed E-state index contributed by atoms with van der Waals surface area (Å²) in [4.78, 5) is 42.3. The molecular formula is C21H29FN4O4. The van der Waals surface area contributed by atoms with Crippen LogP contribution in [0.5, 0.6) is 0 Å². The summed E-state index contributed by atoms with van der Waals surface area (Å²) in [6, 6.07) is 5.57. The molecule has 8 nitrogen and oxygen atoms in total. The predicted octanol–water partition coefficient (Wildman–Crippen LogP) is 0.605. The molecule has 9 heteroatoms. The number of benzene rings is 1.